The van der Waals surface area contributed by atoms with Crippen molar-refractivity contribution in [1.82, 2.24) is 18.7 Å². The Morgan fingerprint density at radius 2 is 1.97 bits per heavy atom. The largest absolute Gasteiger partial charge is 0.491 e. The fourth-order valence-corrected chi connectivity index (χ4v) is 3.11. The molecule has 0 spiro atoms. The van der Waals surface area contributed by atoms with Crippen molar-refractivity contribution in [3.63, 3.8) is 0 Å². The first-order valence-corrected chi connectivity index (χ1v) is 9.31. The van der Waals surface area contributed by atoms with Crippen molar-refractivity contribution in [2.24, 2.45) is 19.8 Å². The molecule has 0 amide bonds. The van der Waals surface area contributed by atoms with Crippen LogP contribution < -0.4 is 27.0 Å². The maximum Gasteiger partial charge on any atom is 0.332 e. The Morgan fingerprint density at radius 3 is 2.66 bits per heavy atom. The van der Waals surface area contributed by atoms with Crippen LogP contribution in [0, 0.1) is 6.92 Å². The molecule has 3 aromatic rings. The minimum Gasteiger partial charge on any atom is -0.491 e. The molecule has 0 saturated heterocycles. The fourth-order valence-electron chi connectivity index (χ4n) is 3.11. The van der Waals surface area contributed by atoms with Crippen LogP contribution in [-0.2, 0) is 20.6 Å². The summed E-state index contributed by atoms with van der Waals surface area (Å²) in [5, 5.41) is 13.6. The van der Waals surface area contributed by atoms with Crippen molar-refractivity contribution in [2.45, 2.75) is 19.6 Å². The zero-order chi connectivity index (χ0) is 21.1. The topological polar surface area (TPSA) is 129 Å². The van der Waals surface area contributed by atoms with Crippen LogP contribution in [0.1, 0.15) is 5.56 Å². The average molecular weight is 402 g/mol. The number of nitrogens with one attached hydrogen (secondary N) is 1. The number of benzene rings is 1. The number of rotatable bonds is 8. The molecule has 1 aromatic carbocycles. The lowest BCUT2D eigenvalue weighted by Gasteiger charge is -2.16. The van der Waals surface area contributed by atoms with Crippen molar-refractivity contribution in [1.29, 1.82) is 0 Å². The van der Waals surface area contributed by atoms with Gasteiger partial charge < -0.3 is 25.5 Å². The maximum atomic E-state index is 12.7. The third-order valence-electron chi connectivity index (χ3n) is 4.69. The van der Waals surface area contributed by atoms with Gasteiger partial charge in [-0.15, -0.1) is 0 Å². The minimum atomic E-state index is -0.910. The SMILES string of the molecule is Cc1ccccc1OC[C@@H](O)Cn1c(NCCN)nc2c1c(=O)n(C)c(=O)n2C. The van der Waals surface area contributed by atoms with Crippen LogP contribution in [0.25, 0.3) is 11.2 Å². The molecule has 0 aliphatic carbocycles. The standard InChI is InChI=1S/C19H26N6O4/c1-12-6-4-5-7-14(12)29-11-13(26)10-25-15-16(22-18(25)21-9-8-20)23(2)19(28)24(3)17(15)27/h4-7,13,26H,8-11,20H2,1-3H3,(H,21,22)/t13-/m0/s1. The van der Waals surface area contributed by atoms with E-state index in [-0.39, 0.29) is 24.3 Å². The molecule has 0 saturated carbocycles. The number of aliphatic hydroxyl groups excluding tert-OH is 1. The summed E-state index contributed by atoms with van der Waals surface area (Å²) >= 11 is 0. The summed E-state index contributed by atoms with van der Waals surface area (Å²) in [5.74, 6) is 1.04. The molecule has 0 aliphatic heterocycles. The molecular weight excluding hydrogens is 376 g/mol. The van der Waals surface area contributed by atoms with E-state index in [1.54, 1.807) is 11.6 Å². The van der Waals surface area contributed by atoms with Crippen molar-refractivity contribution < 1.29 is 9.84 Å². The number of nitrogens with two attached hydrogens (primary N) is 1. The summed E-state index contributed by atoms with van der Waals surface area (Å²) < 4.78 is 9.60. The number of aromatic nitrogens is 4. The lowest BCUT2D eigenvalue weighted by molar-refractivity contribution is 0.0935. The van der Waals surface area contributed by atoms with E-state index in [0.717, 1.165) is 10.1 Å². The van der Waals surface area contributed by atoms with Crippen molar-refractivity contribution >= 4 is 17.1 Å². The summed E-state index contributed by atoms with van der Waals surface area (Å²) in [4.78, 5) is 29.3. The zero-order valence-electron chi connectivity index (χ0n) is 16.8. The summed E-state index contributed by atoms with van der Waals surface area (Å²) in [6.07, 6.45) is -0.910. The molecule has 3 rings (SSSR count). The second-order valence-electron chi connectivity index (χ2n) is 6.87. The van der Waals surface area contributed by atoms with Gasteiger partial charge in [-0.3, -0.25) is 13.9 Å². The lowest BCUT2D eigenvalue weighted by atomic mass is 10.2. The lowest BCUT2D eigenvalue weighted by Crippen LogP contribution is -2.38. The molecule has 156 valence electrons. The van der Waals surface area contributed by atoms with Gasteiger partial charge in [0.05, 0.1) is 6.54 Å². The van der Waals surface area contributed by atoms with E-state index in [9.17, 15) is 14.7 Å². The Labute approximate surface area is 167 Å². The molecule has 10 heteroatoms. The zero-order valence-corrected chi connectivity index (χ0v) is 16.8. The number of nitrogens with zero attached hydrogens (tertiary/aromatic N) is 4. The number of aliphatic hydroxyl groups is 1. The number of fused-ring (bicyclic) bond motifs is 1. The molecule has 0 radical (unpaired) electrons. The number of hydrogen-bond acceptors (Lipinski definition) is 7. The Kier molecular flexibility index (Phi) is 6.04. The van der Waals surface area contributed by atoms with Gasteiger partial charge in [0.15, 0.2) is 11.2 Å². The van der Waals surface area contributed by atoms with Crippen LogP contribution in [0.4, 0.5) is 5.95 Å². The molecule has 2 aromatic heterocycles. The molecule has 2 heterocycles. The summed E-state index contributed by atoms with van der Waals surface area (Å²) in [6.45, 7) is 2.80. The number of imidazole rings is 1. The number of ether oxygens (including phenoxy) is 1. The highest BCUT2D eigenvalue weighted by Crippen LogP contribution is 2.18. The second kappa shape index (κ2) is 8.50. The van der Waals surface area contributed by atoms with E-state index in [1.807, 2.05) is 31.2 Å². The molecule has 10 nitrogen and oxygen atoms in total. The van der Waals surface area contributed by atoms with Crippen molar-refractivity contribution in [2.75, 3.05) is 25.0 Å². The van der Waals surface area contributed by atoms with Crippen LogP contribution in [0.3, 0.4) is 0 Å². The molecule has 0 fully saturated rings. The predicted octanol–water partition coefficient (Wildman–Crippen LogP) is -0.447. The van der Waals surface area contributed by atoms with Crippen molar-refractivity contribution in [3.05, 3.63) is 50.7 Å². The third-order valence-corrected chi connectivity index (χ3v) is 4.69. The molecule has 0 bridgehead atoms. The van der Waals surface area contributed by atoms with E-state index in [2.05, 4.69) is 10.3 Å². The maximum absolute atomic E-state index is 12.7. The highest BCUT2D eigenvalue weighted by molar-refractivity contribution is 5.74. The van der Waals surface area contributed by atoms with Crippen LogP contribution in [0.5, 0.6) is 5.75 Å². The first kappa shape index (κ1) is 20.6. The summed E-state index contributed by atoms with van der Waals surface area (Å²) in [7, 11) is 2.96. The van der Waals surface area contributed by atoms with Gasteiger partial charge >= 0.3 is 5.69 Å². The highest BCUT2D eigenvalue weighted by Gasteiger charge is 2.21. The monoisotopic (exact) mass is 402 g/mol. The fraction of sp³-hybridized carbons (Fsp3) is 0.421. The van der Waals surface area contributed by atoms with Gasteiger partial charge in [-0.1, -0.05) is 18.2 Å². The van der Waals surface area contributed by atoms with Crippen LogP contribution >= 0.6 is 0 Å². The van der Waals surface area contributed by atoms with E-state index in [4.69, 9.17) is 10.5 Å². The molecule has 29 heavy (non-hydrogen) atoms. The third kappa shape index (κ3) is 4.03. The number of aryl methyl sites for hydroxylation is 2. The minimum absolute atomic E-state index is 0.0347. The van der Waals surface area contributed by atoms with Crippen LogP contribution in [0.15, 0.2) is 33.9 Å². The van der Waals surface area contributed by atoms with Gasteiger partial charge in [0.25, 0.3) is 5.56 Å². The Morgan fingerprint density at radius 1 is 1.24 bits per heavy atom. The Balaban J connectivity index is 1.95. The van der Waals surface area contributed by atoms with Gasteiger partial charge in [0.2, 0.25) is 5.95 Å². The van der Waals surface area contributed by atoms with Crippen molar-refractivity contribution in [3.8, 4) is 5.75 Å². The average Bonchev–Trinajstić information content (AvgIpc) is 3.06. The molecule has 1 atom stereocenters. The Hall–Kier alpha value is -3.11. The molecule has 0 unspecified atom stereocenters. The predicted molar refractivity (Wildman–Crippen MR) is 110 cm³/mol. The van der Waals surface area contributed by atoms with Crippen LogP contribution in [-0.4, -0.2) is 49.6 Å². The van der Waals surface area contributed by atoms with Crippen LogP contribution in [0.2, 0.25) is 0 Å². The van der Waals surface area contributed by atoms with Gasteiger partial charge in [0.1, 0.15) is 18.5 Å². The number of para-hydroxylation sites is 1. The number of anilines is 1. The Bertz CT molecular complexity index is 1130. The van der Waals surface area contributed by atoms with Gasteiger partial charge in [-0.2, -0.15) is 4.98 Å². The molecule has 0 aliphatic rings. The van der Waals surface area contributed by atoms with Gasteiger partial charge in [-0.25, -0.2) is 4.79 Å². The number of hydrogen-bond donors (Lipinski definition) is 3. The smallest absolute Gasteiger partial charge is 0.332 e. The van der Waals surface area contributed by atoms with E-state index in [1.165, 1.54) is 11.6 Å². The second-order valence-corrected chi connectivity index (χ2v) is 6.87. The summed E-state index contributed by atoms with van der Waals surface area (Å²) in [6, 6.07) is 7.52. The van der Waals surface area contributed by atoms with E-state index >= 15 is 0 Å². The summed E-state index contributed by atoms with van der Waals surface area (Å²) in [5.41, 5.74) is 6.04. The quantitative estimate of drug-likeness (QED) is 0.465. The molecule has 4 N–H and O–H groups in total. The van der Waals surface area contributed by atoms with E-state index < -0.39 is 17.4 Å². The van der Waals surface area contributed by atoms with Gasteiger partial charge in [-0.05, 0) is 18.6 Å². The normalized spacial score (nSPS) is 12.3. The molecular formula is C19H26N6O4. The highest BCUT2D eigenvalue weighted by atomic mass is 16.5. The first-order valence-electron chi connectivity index (χ1n) is 9.31. The first-order chi connectivity index (χ1) is 13.8. The van der Waals surface area contributed by atoms with Gasteiger partial charge in [0, 0.05) is 27.2 Å². The van der Waals surface area contributed by atoms with E-state index in [0.29, 0.717) is 24.8 Å².